The van der Waals surface area contributed by atoms with Crippen LogP contribution in [-0.2, 0) is 14.8 Å². The van der Waals surface area contributed by atoms with Crippen LogP contribution in [0.25, 0.3) is 0 Å². The Morgan fingerprint density at radius 1 is 1.33 bits per heavy atom. The molecule has 0 aliphatic heterocycles. The van der Waals surface area contributed by atoms with Gasteiger partial charge in [0.2, 0.25) is 0 Å². The molecule has 0 atom stereocenters. The van der Waals surface area contributed by atoms with Crippen molar-refractivity contribution in [3.63, 3.8) is 0 Å². The highest BCUT2D eigenvalue weighted by atomic mass is 32.2. The van der Waals surface area contributed by atoms with E-state index in [2.05, 4.69) is 10.1 Å². The number of rotatable bonds is 4. The number of nitrogens with one attached hydrogen (secondary N) is 2. The fraction of sp³-hybridized carbons (Fsp3) is 0.333. The minimum atomic E-state index is -4.10. The maximum Gasteiger partial charge on any atom is 0.337 e. The summed E-state index contributed by atoms with van der Waals surface area (Å²) in [6, 6.07) is 2.82. The van der Waals surface area contributed by atoms with E-state index in [1.54, 1.807) is 0 Å². The molecule has 0 unspecified atom stereocenters. The summed E-state index contributed by atoms with van der Waals surface area (Å²) in [5, 5.41) is 2.49. The summed E-state index contributed by atoms with van der Waals surface area (Å²) >= 11 is 0. The lowest BCUT2D eigenvalue weighted by atomic mass is 10.2. The molecule has 1 saturated carbocycles. The van der Waals surface area contributed by atoms with Crippen LogP contribution in [0.5, 0.6) is 0 Å². The highest BCUT2D eigenvalue weighted by Crippen LogP contribution is 2.21. The molecule has 0 saturated heterocycles. The van der Waals surface area contributed by atoms with Crippen LogP contribution in [0.3, 0.4) is 0 Å². The molecule has 2 amide bonds. The third kappa shape index (κ3) is 3.63. The topological polar surface area (TPSA) is 128 Å². The van der Waals surface area contributed by atoms with Crippen molar-refractivity contribution < 1.29 is 22.7 Å². The van der Waals surface area contributed by atoms with Crippen LogP contribution in [0.4, 0.5) is 10.5 Å². The molecule has 114 valence electrons. The maximum atomic E-state index is 12.0. The molecule has 1 aliphatic rings. The van der Waals surface area contributed by atoms with Crippen LogP contribution in [0, 0.1) is 0 Å². The van der Waals surface area contributed by atoms with Gasteiger partial charge in [-0.2, -0.15) is 0 Å². The Hall–Kier alpha value is -2.29. The second-order valence-electron chi connectivity index (χ2n) is 4.60. The fourth-order valence-electron chi connectivity index (χ4n) is 1.66. The zero-order valence-corrected chi connectivity index (χ0v) is 12.1. The quantitative estimate of drug-likeness (QED) is 0.538. The van der Waals surface area contributed by atoms with E-state index in [9.17, 15) is 18.0 Å². The molecule has 1 fully saturated rings. The number of methoxy groups -OCH3 is 1. The minimum absolute atomic E-state index is 0.0271. The lowest BCUT2D eigenvalue weighted by Gasteiger charge is -2.10. The number of sulfonamides is 1. The molecule has 0 heterocycles. The first-order valence-electron chi connectivity index (χ1n) is 6.14. The predicted molar refractivity (Wildman–Crippen MR) is 74.1 cm³/mol. The van der Waals surface area contributed by atoms with E-state index >= 15 is 0 Å². The minimum Gasteiger partial charge on any atom is -0.465 e. The normalized spacial score (nSPS) is 14.3. The zero-order chi connectivity index (χ0) is 15.6. The standard InChI is InChI=1S/C12H15N3O5S/c1-20-11(16)7-2-5-10(9(13)6-7)21(18,19)15-12(17)14-8-3-4-8/h2,5-6,8H,3-4,13H2,1H3,(H2,14,15,17). The van der Waals surface area contributed by atoms with Crippen LogP contribution in [-0.4, -0.2) is 33.6 Å². The lowest BCUT2D eigenvalue weighted by Crippen LogP contribution is -2.40. The van der Waals surface area contributed by atoms with Crippen molar-refractivity contribution in [2.24, 2.45) is 0 Å². The number of hydrogen-bond acceptors (Lipinski definition) is 6. The molecular formula is C12H15N3O5S. The smallest absolute Gasteiger partial charge is 0.337 e. The number of benzene rings is 1. The number of nitrogen functional groups attached to an aromatic ring is 1. The van der Waals surface area contributed by atoms with Gasteiger partial charge in [-0.25, -0.2) is 22.7 Å². The van der Waals surface area contributed by atoms with Crippen molar-refractivity contribution in [2.45, 2.75) is 23.8 Å². The molecular weight excluding hydrogens is 298 g/mol. The van der Waals surface area contributed by atoms with Gasteiger partial charge in [-0.3, -0.25) is 0 Å². The Bertz CT molecular complexity index is 682. The van der Waals surface area contributed by atoms with Gasteiger partial charge in [0.15, 0.2) is 0 Å². The first-order chi connectivity index (χ1) is 9.83. The summed E-state index contributed by atoms with van der Waals surface area (Å²) in [7, 11) is -2.90. The van der Waals surface area contributed by atoms with Gasteiger partial charge in [-0.1, -0.05) is 0 Å². The number of amides is 2. The van der Waals surface area contributed by atoms with Crippen LogP contribution in [0.15, 0.2) is 23.1 Å². The molecule has 0 aromatic heterocycles. The first-order valence-corrected chi connectivity index (χ1v) is 7.63. The summed E-state index contributed by atoms with van der Waals surface area (Å²) in [4.78, 5) is 22.5. The van der Waals surface area contributed by atoms with Gasteiger partial charge in [0, 0.05) is 6.04 Å². The molecule has 2 rings (SSSR count). The molecule has 1 aromatic carbocycles. The van der Waals surface area contributed by atoms with E-state index in [-0.39, 0.29) is 22.2 Å². The van der Waals surface area contributed by atoms with E-state index in [1.807, 2.05) is 4.72 Å². The molecule has 1 aliphatic carbocycles. The highest BCUT2D eigenvalue weighted by molar-refractivity contribution is 7.90. The Kier molecular flexibility index (Phi) is 4.03. The van der Waals surface area contributed by atoms with Gasteiger partial charge in [0.25, 0.3) is 10.0 Å². The summed E-state index contributed by atoms with van der Waals surface area (Å²) in [5.74, 6) is -0.634. The molecule has 1 aromatic rings. The van der Waals surface area contributed by atoms with Gasteiger partial charge >= 0.3 is 12.0 Å². The lowest BCUT2D eigenvalue weighted by molar-refractivity contribution is 0.0600. The average molecular weight is 313 g/mol. The number of carbonyl (C=O) groups is 2. The first kappa shape index (κ1) is 15.1. The van der Waals surface area contributed by atoms with Crippen LogP contribution >= 0.6 is 0 Å². The largest absolute Gasteiger partial charge is 0.465 e. The number of anilines is 1. The van der Waals surface area contributed by atoms with Gasteiger partial charge in [0.05, 0.1) is 18.4 Å². The summed E-state index contributed by atoms with van der Waals surface area (Å²) in [5.41, 5.74) is 5.60. The van der Waals surface area contributed by atoms with Crippen molar-refractivity contribution >= 4 is 27.7 Å². The zero-order valence-electron chi connectivity index (χ0n) is 11.3. The molecule has 4 N–H and O–H groups in total. The SMILES string of the molecule is COC(=O)c1ccc(S(=O)(=O)NC(=O)NC2CC2)c(N)c1. The van der Waals surface area contributed by atoms with Gasteiger partial charge in [0.1, 0.15) is 4.90 Å². The summed E-state index contributed by atoms with van der Waals surface area (Å²) in [6.45, 7) is 0. The Morgan fingerprint density at radius 3 is 2.52 bits per heavy atom. The van der Waals surface area contributed by atoms with Crippen LogP contribution in [0.1, 0.15) is 23.2 Å². The van der Waals surface area contributed by atoms with Crippen LogP contribution < -0.4 is 15.8 Å². The average Bonchev–Trinajstić information content (AvgIpc) is 3.20. The third-order valence-electron chi connectivity index (χ3n) is 2.86. The Morgan fingerprint density at radius 2 is 2.00 bits per heavy atom. The van der Waals surface area contributed by atoms with Crippen molar-refractivity contribution in [3.05, 3.63) is 23.8 Å². The number of carbonyl (C=O) groups excluding carboxylic acids is 2. The monoisotopic (exact) mass is 313 g/mol. The molecule has 0 bridgehead atoms. The Labute approximate surface area is 121 Å². The number of esters is 1. The number of urea groups is 1. The Balaban J connectivity index is 2.19. The van der Waals surface area contributed by atoms with E-state index in [4.69, 9.17) is 5.73 Å². The third-order valence-corrected chi connectivity index (χ3v) is 4.26. The van der Waals surface area contributed by atoms with Crippen molar-refractivity contribution in [2.75, 3.05) is 12.8 Å². The van der Waals surface area contributed by atoms with Crippen molar-refractivity contribution in [3.8, 4) is 0 Å². The second-order valence-corrected chi connectivity index (χ2v) is 6.25. The predicted octanol–water partition coefficient (Wildman–Crippen LogP) is 0.206. The second kappa shape index (κ2) is 5.60. The van der Waals surface area contributed by atoms with E-state index < -0.39 is 22.0 Å². The number of hydrogen-bond donors (Lipinski definition) is 3. The van der Waals surface area contributed by atoms with Gasteiger partial charge in [-0.15, -0.1) is 0 Å². The molecule has 9 heteroatoms. The fourth-order valence-corrected chi connectivity index (χ4v) is 2.69. The van der Waals surface area contributed by atoms with Crippen molar-refractivity contribution in [1.29, 1.82) is 0 Å². The van der Waals surface area contributed by atoms with Gasteiger partial charge < -0.3 is 15.8 Å². The van der Waals surface area contributed by atoms with Crippen LogP contribution in [0.2, 0.25) is 0 Å². The number of nitrogens with two attached hydrogens (primary N) is 1. The molecule has 0 spiro atoms. The number of ether oxygens (including phenoxy) is 1. The van der Waals surface area contributed by atoms with E-state index in [1.165, 1.54) is 19.2 Å². The van der Waals surface area contributed by atoms with E-state index in [0.29, 0.717) is 0 Å². The molecule has 21 heavy (non-hydrogen) atoms. The molecule has 8 nitrogen and oxygen atoms in total. The highest BCUT2D eigenvalue weighted by Gasteiger charge is 2.27. The maximum absolute atomic E-state index is 12.0. The summed E-state index contributed by atoms with van der Waals surface area (Å²) in [6.07, 6.45) is 1.67. The van der Waals surface area contributed by atoms with E-state index in [0.717, 1.165) is 18.9 Å². The summed E-state index contributed by atoms with van der Waals surface area (Å²) < 4.78 is 30.5. The van der Waals surface area contributed by atoms with Crippen molar-refractivity contribution in [1.82, 2.24) is 10.0 Å². The van der Waals surface area contributed by atoms with Gasteiger partial charge in [-0.05, 0) is 31.0 Å². The molecule has 0 radical (unpaired) electrons.